The van der Waals surface area contributed by atoms with Crippen LogP contribution in [0.15, 0.2) is 4.99 Å². The van der Waals surface area contributed by atoms with E-state index in [0.717, 1.165) is 12.3 Å². The Bertz CT molecular complexity index is 349. The molecule has 0 rings (SSSR count). The minimum absolute atomic E-state index is 0.307. The number of ether oxygens (including phenoxy) is 1. The molecule has 6 heteroatoms. The molecule has 130 valence electrons. The molecule has 4 N–H and O–H groups in total. The SMILES string of the molecule is CC(C)CCCC(C)NC(N)=NCCNC(=O)OC(C)(C)C. The van der Waals surface area contributed by atoms with Crippen LogP contribution in [0.25, 0.3) is 0 Å². The lowest BCUT2D eigenvalue weighted by atomic mass is 10.0. The van der Waals surface area contributed by atoms with Crippen molar-refractivity contribution in [2.45, 2.75) is 72.4 Å². The molecule has 6 nitrogen and oxygen atoms in total. The third-order valence-electron chi connectivity index (χ3n) is 2.88. The highest BCUT2D eigenvalue weighted by atomic mass is 16.6. The number of guanidine groups is 1. The topological polar surface area (TPSA) is 88.7 Å². The van der Waals surface area contributed by atoms with E-state index in [9.17, 15) is 4.79 Å². The Kier molecular flexibility index (Phi) is 9.61. The van der Waals surface area contributed by atoms with E-state index in [1.165, 1.54) is 12.8 Å². The molecular formula is C16H34N4O2. The van der Waals surface area contributed by atoms with Gasteiger partial charge in [0, 0.05) is 12.6 Å². The quantitative estimate of drug-likeness (QED) is 0.365. The predicted octanol–water partition coefficient (Wildman–Crippen LogP) is 2.63. The van der Waals surface area contributed by atoms with Gasteiger partial charge < -0.3 is 21.1 Å². The summed E-state index contributed by atoms with van der Waals surface area (Å²) < 4.78 is 5.13. The average molecular weight is 314 g/mol. The van der Waals surface area contributed by atoms with Gasteiger partial charge in [-0.05, 0) is 40.0 Å². The van der Waals surface area contributed by atoms with Gasteiger partial charge in [-0.1, -0.05) is 26.7 Å². The number of amides is 1. The van der Waals surface area contributed by atoms with Gasteiger partial charge in [0.2, 0.25) is 0 Å². The number of nitrogens with zero attached hydrogens (tertiary/aromatic N) is 1. The van der Waals surface area contributed by atoms with Gasteiger partial charge in [0.25, 0.3) is 0 Å². The Morgan fingerprint density at radius 2 is 1.86 bits per heavy atom. The smallest absolute Gasteiger partial charge is 0.407 e. The van der Waals surface area contributed by atoms with E-state index in [-0.39, 0.29) is 0 Å². The standard InChI is InChI=1S/C16H34N4O2/c1-12(2)8-7-9-13(3)20-14(17)18-10-11-19-15(21)22-16(4,5)6/h12-13H,7-11H2,1-6H3,(H,19,21)(H3,17,18,20). The highest BCUT2D eigenvalue weighted by Gasteiger charge is 2.15. The zero-order valence-corrected chi connectivity index (χ0v) is 15.0. The number of nitrogens with two attached hydrogens (primary N) is 1. The molecule has 0 spiro atoms. The van der Waals surface area contributed by atoms with Gasteiger partial charge in [-0.3, -0.25) is 4.99 Å². The van der Waals surface area contributed by atoms with Gasteiger partial charge in [0.05, 0.1) is 6.54 Å². The van der Waals surface area contributed by atoms with Gasteiger partial charge >= 0.3 is 6.09 Å². The molecule has 0 bridgehead atoms. The Balaban J connectivity index is 3.82. The first kappa shape index (κ1) is 20.5. The normalized spacial score (nSPS) is 13.9. The maximum atomic E-state index is 11.4. The Hall–Kier alpha value is -1.46. The van der Waals surface area contributed by atoms with E-state index < -0.39 is 11.7 Å². The first-order valence-electron chi connectivity index (χ1n) is 8.13. The Labute approximate surface area is 135 Å². The van der Waals surface area contributed by atoms with Crippen molar-refractivity contribution in [2.24, 2.45) is 16.6 Å². The summed E-state index contributed by atoms with van der Waals surface area (Å²) >= 11 is 0. The highest BCUT2D eigenvalue weighted by molar-refractivity contribution is 5.78. The molecule has 0 saturated carbocycles. The summed E-state index contributed by atoms with van der Waals surface area (Å²) in [6, 6.07) is 0.307. The molecule has 0 aromatic carbocycles. The number of carbonyl (C=O) groups excluding carboxylic acids is 1. The number of hydrogen-bond acceptors (Lipinski definition) is 3. The molecule has 1 unspecified atom stereocenters. The molecule has 0 radical (unpaired) electrons. The van der Waals surface area contributed by atoms with Crippen LogP contribution in [-0.2, 0) is 4.74 Å². The average Bonchev–Trinajstić information content (AvgIpc) is 2.31. The lowest BCUT2D eigenvalue weighted by molar-refractivity contribution is 0.0529. The second kappa shape index (κ2) is 10.3. The van der Waals surface area contributed by atoms with Crippen LogP contribution in [0.1, 0.15) is 60.8 Å². The van der Waals surface area contributed by atoms with Crippen molar-refractivity contribution in [2.75, 3.05) is 13.1 Å². The summed E-state index contributed by atoms with van der Waals surface area (Å²) in [5.74, 6) is 1.15. The lowest BCUT2D eigenvalue weighted by Gasteiger charge is -2.19. The van der Waals surface area contributed by atoms with Crippen LogP contribution in [0.3, 0.4) is 0 Å². The zero-order chi connectivity index (χ0) is 17.2. The number of aliphatic imine (C=N–C) groups is 1. The zero-order valence-electron chi connectivity index (χ0n) is 15.0. The van der Waals surface area contributed by atoms with Gasteiger partial charge in [-0.2, -0.15) is 0 Å². The molecule has 0 aliphatic carbocycles. The van der Waals surface area contributed by atoms with E-state index >= 15 is 0 Å². The Morgan fingerprint density at radius 1 is 1.23 bits per heavy atom. The summed E-state index contributed by atoms with van der Waals surface area (Å²) in [5.41, 5.74) is 5.33. The van der Waals surface area contributed by atoms with Crippen molar-refractivity contribution in [3.63, 3.8) is 0 Å². The molecule has 0 aliphatic rings. The van der Waals surface area contributed by atoms with Crippen LogP contribution in [0.5, 0.6) is 0 Å². The fourth-order valence-electron chi connectivity index (χ4n) is 1.85. The lowest BCUT2D eigenvalue weighted by Crippen LogP contribution is -2.39. The van der Waals surface area contributed by atoms with E-state index in [1.54, 1.807) is 0 Å². The molecule has 0 aliphatic heterocycles. The maximum absolute atomic E-state index is 11.4. The van der Waals surface area contributed by atoms with Crippen molar-refractivity contribution >= 4 is 12.1 Å². The molecule has 0 fully saturated rings. The summed E-state index contributed by atoms with van der Waals surface area (Å²) in [6.45, 7) is 12.9. The number of rotatable bonds is 8. The van der Waals surface area contributed by atoms with Crippen molar-refractivity contribution in [3.05, 3.63) is 0 Å². The molecule has 0 saturated heterocycles. The third-order valence-corrected chi connectivity index (χ3v) is 2.88. The molecule has 1 amide bonds. The minimum atomic E-state index is -0.487. The summed E-state index contributed by atoms with van der Waals surface area (Å²) in [4.78, 5) is 15.6. The molecule has 0 aromatic heterocycles. The Morgan fingerprint density at radius 3 is 2.41 bits per heavy atom. The fourth-order valence-corrected chi connectivity index (χ4v) is 1.85. The number of hydrogen-bond donors (Lipinski definition) is 3. The van der Waals surface area contributed by atoms with Crippen molar-refractivity contribution in [1.82, 2.24) is 10.6 Å². The van der Waals surface area contributed by atoms with Crippen molar-refractivity contribution in [1.29, 1.82) is 0 Å². The van der Waals surface area contributed by atoms with Crippen LogP contribution < -0.4 is 16.4 Å². The fraction of sp³-hybridized carbons (Fsp3) is 0.875. The molecule has 0 heterocycles. The van der Waals surface area contributed by atoms with Crippen LogP contribution in [0.4, 0.5) is 4.79 Å². The summed E-state index contributed by atoms with van der Waals surface area (Å²) in [6.07, 6.45) is 3.04. The monoisotopic (exact) mass is 314 g/mol. The van der Waals surface area contributed by atoms with Gasteiger partial charge in [0.15, 0.2) is 5.96 Å². The first-order valence-corrected chi connectivity index (χ1v) is 8.13. The second-order valence-corrected chi connectivity index (χ2v) is 7.07. The highest BCUT2D eigenvalue weighted by Crippen LogP contribution is 2.08. The van der Waals surface area contributed by atoms with Crippen molar-refractivity contribution in [3.8, 4) is 0 Å². The summed E-state index contributed by atoms with van der Waals surface area (Å²) in [5, 5.41) is 5.81. The number of nitrogens with one attached hydrogen (secondary N) is 2. The van der Waals surface area contributed by atoms with Crippen molar-refractivity contribution < 1.29 is 9.53 Å². The van der Waals surface area contributed by atoms with Crippen LogP contribution >= 0.6 is 0 Å². The predicted molar refractivity (Wildman–Crippen MR) is 92.0 cm³/mol. The third kappa shape index (κ3) is 13.5. The number of alkyl carbamates (subject to hydrolysis) is 1. The van der Waals surface area contributed by atoms with E-state index in [0.29, 0.717) is 25.1 Å². The maximum Gasteiger partial charge on any atom is 0.407 e. The second-order valence-electron chi connectivity index (χ2n) is 7.07. The molecular weight excluding hydrogens is 280 g/mol. The van der Waals surface area contributed by atoms with Gasteiger partial charge in [0.1, 0.15) is 5.60 Å². The van der Waals surface area contributed by atoms with Gasteiger partial charge in [-0.25, -0.2) is 4.79 Å². The number of carbonyl (C=O) groups is 1. The molecule has 1 atom stereocenters. The van der Waals surface area contributed by atoms with Gasteiger partial charge in [-0.15, -0.1) is 0 Å². The van der Waals surface area contributed by atoms with Crippen LogP contribution in [0, 0.1) is 5.92 Å². The van der Waals surface area contributed by atoms with E-state index in [2.05, 4.69) is 36.4 Å². The van der Waals surface area contributed by atoms with Crippen LogP contribution in [-0.4, -0.2) is 36.8 Å². The minimum Gasteiger partial charge on any atom is -0.444 e. The summed E-state index contributed by atoms with van der Waals surface area (Å²) in [7, 11) is 0. The largest absolute Gasteiger partial charge is 0.444 e. The molecule has 0 aromatic rings. The van der Waals surface area contributed by atoms with Crippen LogP contribution in [0.2, 0.25) is 0 Å². The molecule has 22 heavy (non-hydrogen) atoms. The van der Waals surface area contributed by atoms with E-state index in [1.807, 2.05) is 20.8 Å². The first-order chi connectivity index (χ1) is 10.1. The van der Waals surface area contributed by atoms with E-state index in [4.69, 9.17) is 10.5 Å².